The van der Waals surface area contributed by atoms with E-state index >= 15 is 0 Å². The quantitative estimate of drug-likeness (QED) is 0.117. The summed E-state index contributed by atoms with van der Waals surface area (Å²) in [5, 5.41) is 30.2. The predicted molar refractivity (Wildman–Crippen MR) is 168 cm³/mol. The molecular formula is C32H25Cl3N4O6. The maximum atomic E-state index is 12.2. The third kappa shape index (κ3) is 7.57. The number of halogens is 3. The zero-order valence-electron chi connectivity index (χ0n) is 23.8. The molecule has 1 heterocycles. The lowest BCUT2D eigenvalue weighted by atomic mass is 10.0. The van der Waals surface area contributed by atoms with E-state index in [2.05, 4.69) is 15.6 Å². The van der Waals surface area contributed by atoms with E-state index in [1.807, 2.05) is 6.07 Å². The average molecular weight is 668 g/mol. The third-order valence-electron chi connectivity index (χ3n) is 6.99. The zero-order chi connectivity index (χ0) is 32.1. The van der Waals surface area contributed by atoms with Gasteiger partial charge in [-0.3, -0.25) is 9.59 Å². The normalized spacial score (nSPS) is 12.8. The van der Waals surface area contributed by atoms with Crippen molar-refractivity contribution in [3.8, 4) is 23.1 Å². The molecule has 1 saturated carbocycles. The minimum atomic E-state index is -1.17. The van der Waals surface area contributed by atoms with Crippen LogP contribution >= 0.6 is 34.8 Å². The molecule has 1 fully saturated rings. The van der Waals surface area contributed by atoms with Crippen molar-refractivity contribution < 1.29 is 28.8 Å². The van der Waals surface area contributed by atoms with Gasteiger partial charge in [-0.25, -0.2) is 0 Å². The number of nitrogens with zero attached hydrogens (tertiary/aromatic N) is 3. The number of rotatable bonds is 12. The van der Waals surface area contributed by atoms with Crippen molar-refractivity contribution in [3.63, 3.8) is 0 Å². The second kappa shape index (κ2) is 14.0. The average Bonchev–Trinajstić information content (AvgIpc) is 3.78. The lowest BCUT2D eigenvalue weighted by molar-refractivity contribution is -0.135. The molecule has 0 atom stereocenters. The number of nitrogens with one attached hydrogen (secondary N) is 1. The van der Waals surface area contributed by atoms with E-state index in [1.165, 1.54) is 18.2 Å². The van der Waals surface area contributed by atoms with Crippen LogP contribution in [-0.2, 0) is 22.8 Å². The first kappa shape index (κ1) is 31.9. The minimum Gasteiger partial charge on any atom is -0.489 e. The third-order valence-corrected chi connectivity index (χ3v) is 7.93. The minimum absolute atomic E-state index is 0.112. The molecule has 0 radical (unpaired) electrons. The number of hydrogen-bond acceptors (Lipinski definition) is 8. The van der Waals surface area contributed by atoms with Crippen LogP contribution in [0.3, 0.4) is 0 Å². The van der Waals surface area contributed by atoms with E-state index in [9.17, 15) is 14.9 Å². The van der Waals surface area contributed by atoms with E-state index in [4.69, 9.17) is 54.0 Å². The molecule has 5 rings (SSSR count). The van der Waals surface area contributed by atoms with Crippen molar-refractivity contribution in [1.29, 1.82) is 5.26 Å². The van der Waals surface area contributed by atoms with Crippen molar-refractivity contribution in [2.75, 3.05) is 6.54 Å². The van der Waals surface area contributed by atoms with Crippen molar-refractivity contribution in [3.05, 3.63) is 103 Å². The Morgan fingerprint density at radius 2 is 1.84 bits per heavy atom. The second-order valence-corrected chi connectivity index (χ2v) is 11.4. The van der Waals surface area contributed by atoms with Gasteiger partial charge in [0.05, 0.1) is 38.0 Å². The fourth-order valence-electron chi connectivity index (χ4n) is 4.55. The molecular weight excluding hydrogens is 643 g/mol. The van der Waals surface area contributed by atoms with Crippen LogP contribution in [0.5, 0.6) is 5.75 Å². The molecule has 1 aliphatic rings. The van der Waals surface area contributed by atoms with Gasteiger partial charge in [0.1, 0.15) is 37.0 Å². The molecule has 3 aromatic carbocycles. The van der Waals surface area contributed by atoms with Crippen LogP contribution in [0.2, 0.25) is 15.1 Å². The number of aliphatic carboxylic acids is 1. The number of carbonyl (C=O) groups excluding carboxylic acids is 1. The molecule has 230 valence electrons. The van der Waals surface area contributed by atoms with Gasteiger partial charge in [0, 0.05) is 28.2 Å². The summed E-state index contributed by atoms with van der Waals surface area (Å²) in [6.45, 7) is 1.23. The fraction of sp³-hybridized carbons (Fsp3) is 0.219. The molecule has 13 heteroatoms. The highest BCUT2D eigenvalue weighted by Gasteiger charge is 2.33. The molecule has 0 unspecified atom stereocenters. The van der Waals surface area contributed by atoms with E-state index in [0.717, 1.165) is 24.2 Å². The second-order valence-electron chi connectivity index (χ2n) is 10.2. The first-order chi connectivity index (χ1) is 21.7. The van der Waals surface area contributed by atoms with E-state index in [1.54, 1.807) is 43.3 Å². The molecule has 1 aliphatic carbocycles. The molecule has 1 aromatic heterocycles. The van der Waals surface area contributed by atoms with E-state index in [-0.39, 0.29) is 30.3 Å². The number of carbonyl (C=O) groups is 2. The van der Waals surface area contributed by atoms with Crippen molar-refractivity contribution in [2.24, 2.45) is 5.16 Å². The number of carboxylic acid groups (broad SMARTS) is 1. The zero-order valence-corrected chi connectivity index (χ0v) is 26.0. The Balaban J connectivity index is 1.27. The monoisotopic (exact) mass is 666 g/mol. The number of amides is 1. The first-order valence-corrected chi connectivity index (χ1v) is 14.8. The summed E-state index contributed by atoms with van der Waals surface area (Å²) in [6, 6.07) is 16.8. The van der Waals surface area contributed by atoms with Gasteiger partial charge in [0.2, 0.25) is 0 Å². The summed E-state index contributed by atoms with van der Waals surface area (Å²) in [6.07, 6.45) is 2.01. The SMILES string of the molecule is CC(=NOCc1cc(C(=O)NCC(=O)O)ccc1C#N)c1ccc(OCc2c(-c3c(Cl)cccc3Cl)noc2C2CC2)cc1Cl. The van der Waals surface area contributed by atoms with Crippen LogP contribution < -0.4 is 10.1 Å². The molecule has 4 aromatic rings. The van der Waals surface area contributed by atoms with Crippen LogP contribution in [0.25, 0.3) is 11.3 Å². The number of aromatic nitrogens is 1. The van der Waals surface area contributed by atoms with Crippen LogP contribution in [0.15, 0.2) is 64.3 Å². The summed E-state index contributed by atoms with van der Waals surface area (Å²) in [4.78, 5) is 28.5. The molecule has 0 bridgehead atoms. The van der Waals surface area contributed by atoms with Gasteiger partial charge in [0.15, 0.2) is 0 Å². The molecule has 10 nitrogen and oxygen atoms in total. The Kier molecular flexibility index (Phi) is 9.93. The first-order valence-electron chi connectivity index (χ1n) is 13.7. The van der Waals surface area contributed by atoms with Gasteiger partial charge in [-0.15, -0.1) is 0 Å². The highest BCUT2D eigenvalue weighted by Crippen LogP contribution is 2.46. The summed E-state index contributed by atoms with van der Waals surface area (Å²) < 4.78 is 11.8. The Hall–Kier alpha value is -4.56. The lowest BCUT2D eigenvalue weighted by Gasteiger charge is -2.11. The molecule has 0 saturated heterocycles. The number of ether oxygens (including phenoxy) is 1. The maximum Gasteiger partial charge on any atom is 0.322 e. The number of hydrogen-bond donors (Lipinski definition) is 2. The van der Waals surface area contributed by atoms with E-state index < -0.39 is 18.4 Å². The fourth-order valence-corrected chi connectivity index (χ4v) is 5.44. The van der Waals surface area contributed by atoms with Gasteiger partial charge < -0.3 is 24.5 Å². The summed E-state index contributed by atoms with van der Waals surface area (Å²) in [5.74, 6) is -0.220. The highest BCUT2D eigenvalue weighted by molar-refractivity contribution is 6.39. The van der Waals surface area contributed by atoms with Crippen molar-refractivity contribution >= 4 is 52.4 Å². The van der Waals surface area contributed by atoms with Crippen LogP contribution in [-0.4, -0.2) is 34.4 Å². The van der Waals surface area contributed by atoms with E-state index in [0.29, 0.717) is 48.9 Å². The lowest BCUT2D eigenvalue weighted by Crippen LogP contribution is -2.29. The van der Waals surface area contributed by atoms with Crippen LogP contribution in [0, 0.1) is 11.3 Å². The number of carboxylic acids is 1. The highest BCUT2D eigenvalue weighted by atomic mass is 35.5. The predicted octanol–water partition coefficient (Wildman–Crippen LogP) is 7.39. The molecule has 0 aliphatic heterocycles. The summed E-state index contributed by atoms with van der Waals surface area (Å²) >= 11 is 19.5. The van der Waals surface area contributed by atoms with Gasteiger partial charge in [0.25, 0.3) is 5.91 Å². The van der Waals surface area contributed by atoms with Crippen molar-refractivity contribution in [2.45, 2.75) is 38.9 Å². The Labute approximate surface area is 273 Å². The van der Waals surface area contributed by atoms with Gasteiger partial charge in [-0.05, 0) is 68.3 Å². The smallest absolute Gasteiger partial charge is 0.322 e. The molecule has 45 heavy (non-hydrogen) atoms. The molecule has 2 N–H and O–H groups in total. The number of benzene rings is 3. The maximum absolute atomic E-state index is 12.2. The summed E-state index contributed by atoms with van der Waals surface area (Å²) in [7, 11) is 0. The standard InChI is InChI=1S/C32H25Cl3N4O6/c1-17(38-44-15-21-11-19(7-8-20(21)13-36)32(42)37-14-28(40)41)23-10-9-22(12-27(23)35)43-16-24-30(39-45-31(24)18-5-6-18)29-25(33)3-2-4-26(29)34/h2-4,7-12,18H,5-6,14-16H2,1H3,(H,37,42)(H,40,41). The summed E-state index contributed by atoms with van der Waals surface area (Å²) in [5.41, 5.74) is 3.85. The Bertz CT molecular complexity index is 1820. The Morgan fingerprint density at radius 3 is 2.51 bits per heavy atom. The largest absolute Gasteiger partial charge is 0.489 e. The van der Waals surface area contributed by atoms with Gasteiger partial charge >= 0.3 is 5.97 Å². The number of oxime groups is 1. The Morgan fingerprint density at radius 1 is 1.09 bits per heavy atom. The topological polar surface area (TPSA) is 147 Å². The molecule has 0 spiro atoms. The van der Waals surface area contributed by atoms with Crippen LogP contribution in [0.1, 0.15) is 64.1 Å². The van der Waals surface area contributed by atoms with Gasteiger partial charge in [-0.2, -0.15) is 5.26 Å². The van der Waals surface area contributed by atoms with Crippen molar-refractivity contribution in [1.82, 2.24) is 10.5 Å². The van der Waals surface area contributed by atoms with Crippen LogP contribution in [0.4, 0.5) is 0 Å². The van der Waals surface area contributed by atoms with Gasteiger partial charge in [-0.1, -0.05) is 51.2 Å². The number of nitriles is 1. The molecule has 1 amide bonds.